The second kappa shape index (κ2) is 11.8. The van der Waals surface area contributed by atoms with Gasteiger partial charge in [0.15, 0.2) is 0 Å². The molecule has 0 radical (unpaired) electrons. The van der Waals surface area contributed by atoms with E-state index >= 15 is 0 Å². The van der Waals surface area contributed by atoms with Crippen molar-refractivity contribution in [2.45, 2.75) is 0 Å². The Kier molecular flexibility index (Phi) is 6.62. The van der Waals surface area contributed by atoms with Crippen molar-refractivity contribution in [1.82, 2.24) is 0 Å². The fraction of sp³-hybridized carbons (Fsp3) is 0. The van der Waals surface area contributed by atoms with Crippen molar-refractivity contribution < 1.29 is 4.42 Å². The van der Waals surface area contributed by atoms with Crippen LogP contribution in [0.2, 0.25) is 0 Å². The largest absolute Gasteiger partial charge is 0.455 e. The highest BCUT2D eigenvalue weighted by Crippen LogP contribution is 2.45. The van der Waals surface area contributed by atoms with Crippen LogP contribution in [0.1, 0.15) is 0 Å². The first-order chi connectivity index (χ1) is 26.3. The second-order valence-corrected chi connectivity index (χ2v) is 14.0. The van der Waals surface area contributed by atoms with Gasteiger partial charge < -0.3 is 4.42 Å². The number of hydrogen-bond donors (Lipinski definition) is 0. The predicted octanol–water partition coefficient (Wildman–Crippen LogP) is 14.9. The lowest BCUT2D eigenvalue weighted by molar-refractivity contribution is 0.672. The maximum absolute atomic E-state index is 6.40. The van der Waals surface area contributed by atoms with E-state index in [1.54, 1.807) is 0 Å². The van der Waals surface area contributed by atoms with Crippen LogP contribution in [0.5, 0.6) is 0 Å². The minimum absolute atomic E-state index is 0.920. The van der Waals surface area contributed by atoms with E-state index < -0.39 is 0 Å². The minimum Gasteiger partial charge on any atom is -0.455 e. The van der Waals surface area contributed by atoms with Crippen molar-refractivity contribution in [2.75, 3.05) is 0 Å². The lowest BCUT2D eigenvalue weighted by atomic mass is 9.85. The average molecular weight is 673 g/mol. The molecule has 0 unspecified atom stereocenters. The zero-order valence-corrected chi connectivity index (χ0v) is 28.9. The van der Waals surface area contributed by atoms with Crippen LogP contribution in [0.15, 0.2) is 199 Å². The summed E-state index contributed by atoms with van der Waals surface area (Å²) in [6, 6.07) is 70.6. The maximum atomic E-state index is 6.40. The number of para-hydroxylation sites is 1. The van der Waals surface area contributed by atoms with Crippen LogP contribution in [0, 0.1) is 0 Å². The first-order valence-electron chi connectivity index (χ1n) is 18.3. The molecule has 10 aromatic carbocycles. The minimum atomic E-state index is 0.920. The van der Waals surface area contributed by atoms with Gasteiger partial charge in [-0.25, -0.2) is 0 Å². The van der Waals surface area contributed by atoms with Crippen LogP contribution >= 0.6 is 0 Å². The molecule has 0 saturated carbocycles. The van der Waals surface area contributed by atoms with Gasteiger partial charge in [-0.15, -0.1) is 0 Å². The molecule has 0 N–H and O–H groups in total. The predicted molar refractivity (Wildman–Crippen MR) is 225 cm³/mol. The molecule has 0 aliphatic rings. The Morgan fingerprint density at radius 3 is 1.34 bits per heavy atom. The van der Waals surface area contributed by atoms with Crippen molar-refractivity contribution in [3.63, 3.8) is 0 Å². The monoisotopic (exact) mass is 672 g/mol. The summed E-state index contributed by atoms with van der Waals surface area (Å²) in [5.74, 6) is 0. The zero-order valence-electron chi connectivity index (χ0n) is 28.9. The van der Waals surface area contributed by atoms with Gasteiger partial charge in [-0.2, -0.15) is 0 Å². The van der Waals surface area contributed by atoms with Gasteiger partial charge in [0.2, 0.25) is 0 Å². The van der Waals surface area contributed by atoms with E-state index in [0.29, 0.717) is 0 Å². The molecule has 1 aromatic heterocycles. The summed E-state index contributed by atoms with van der Waals surface area (Å²) in [5.41, 5.74) is 11.7. The van der Waals surface area contributed by atoms with Crippen LogP contribution in [0.3, 0.4) is 0 Å². The molecule has 11 rings (SSSR count). The molecule has 246 valence electrons. The van der Waals surface area contributed by atoms with Crippen LogP contribution in [-0.2, 0) is 0 Å². The van der Waals surface area contributed by atoms with E-state index in [4.69, 9.17) is 4.42 Å². The van der Waals surface area contributed by atoms with Crippen molar-refractivity contribution >= 4 is 65.0 Å². The Balaban J connectivity index is 1.05. The van der Waals surface area contributed by atoms with Gasteiger partial charge in [-0.1, -0.05) is 176 Å². The molecule has 0 atom stereocenters. The van der Waals surface area contributed by atoms with E-state index in [-0.39, 0.29) is 0 Å². The third-order valence-corrected chi connectivity index (χ3v) is 11.1. The normalized spacial score (nSPS) is 11.8. The lowest BCUT2D eigenvalue weighted by Crippen LogP contribution is -1.91. The summed E-state index contributed by atoms with van der Waals surface area (Å²) in [5, 5.41) is 12.2. The van der Waals surface area contributed by atoms with Gasteiger partial charge in [-0.3, -0.25) is 0 Å². The Bertz CT molecular complexity index is 3140. The van der Waals surface area contributed by atoms with Crippen molar-refractivity contribution in [3.8, 4) is 44.5 Å². The summed E-state index contributed by atoms with van der Waals surface area (Å²) in [4.78, 5) is 0. The molecular formula is C52H32O. The molecule has 0 bridgehead atoms. The summed E-state index contributed by atoms with van der Waals surface area (Å²) >= 11 is 0. The standard InChI is InChI=1S/C52H32O/c1-2-12-38-31-39(30-23-33(38)11-1)34-21-26-36(27-22-34)50-42-15-4-6-17-44(42)51(45-18-7-5-16-43(45)50)37-28-24-35(25-29-37)47-32-48-41-14-9-10-20-49(41)53-52(48)46-19-8-3-13-40(46)47/h1-32H. The van der Waals surface area contributed by atoms with E-state index in [1.807, 2.05) is 6.07 Å². The van der Waals surface area contributed by atoms with E-state index in [2.05, 4.69) is 188 Å². The van der Waals surface area contributed by atoms with Crippen molar-refractivity contribution in [1.29, 1.82) is 0 Å². The van der Waals surface area contributed by atoms with Crippen LogP contribution < -0.4 is 0 Å². The Labute approximate surface area is 307 Å². The Hall–Kier alpha value is -6.96. The van der Waals surface area contributed by atoms with Crippen molar-refractivity contribution in [3.05, 3.63) is 194 Å². The molecule has 0 fully saturated rings. The molecular weight excluding hydrogens is 641 g/mol. The zero-order chi connectivity index (χ0) is 34.9. The second-order valence-electron chi connectivity index (χ2n) is 14.0. The highest BCUT2D eigenvalue weighted by molar-refractivity contribution is 6.22. The highest BCUT2D eigenvalue weighted by atomic mass is 16.3. The number of rotatable bonds is 4. The fourth-order valence-corrected chi connectivity index (χ4v) is 8.55. The van der Waals surface area contributed by atoms with E-state index in [9.17, 15) is 0 Å². The first-order valence-corrected chi connectivity index (χ1v) is 18.3. The SMILES string of the molecule is c1ccc2cc(-c3ccc(-c4c5ccccc5c(-c5ccc(-c6cc7c8ccccc8oc7c7ccccc67)cc5)c5ccccc45)cc3)ccc2c1. The van der Waals surface area contributed by atoms with Gasteiger partial charge in [0.1, 0.15) is 11.2 Å². The maximum Gasteiger partial charge on any atom is 0.143 e. The number of fused-ring (bicyclic) bond motifs is 8. The van der Waals surface area contributed by atoms with Gasteiger partial charge in [0, 0.05) is 16.2 Å². The molecule has 0 saturated heterocycles. The van der Waals surface area contributed by atoms with Gasteiger partial charge in [-0.05, 0) is 100 Å². The van der Waals surface area contributed by atoms with Crippen molar-refractivity contribution in [2.24, 2.45) is 0 Å². The molecule has 0 amide bonds. The molecule has 1 heterocycles. The third-order valence-electron chi connectivity index (χ3n) is 11.1. The van der Waals surface area contributed by atoms with Gasteiger partial charge in [0.25, 0.3) is 0 Å². The van der Waals surface area contributed by atoms with Crippen LogP contribution in [0.25, 0.3) is 110 Å². The lowest BCUT2D eigenvalue weighted by Gasteiger charge is -2.18. The first kappa shape index (κ1) is 29.7. The molecule has 53 heavy (non-hydrogen) atoms. The number of benzene rings is 10. The van der Waals surface area contributed by atoms with Gasteiger partial charge in [0.05, 0.1) is 0 Å². The molecule has 0 spiro atoms. The van der Waals surface area contributed by atoms with Crippen LogP contribution in [0.4, 0.5) is 0 Å². The number of hydrogen-bond acceptors (Lipinski definition) is 1. The molecule has 0 aliphatic heterocycles. The molecule has 11 aromatic rings. The number of furan rings is 1. The molecule has 1 heteroatoms. The topological polar surface area (TPSA) is 13.1 Å². The Morgan fingerprint density at radius 2 is 0.717 bits per heavy atom. The smallest absolute Gasteiger partial charge is 0.143 e. The third kappa shape index (κ3) is 4.71. The molecule has 0 aliphatic carbocycles. The Morgan fingerprint density at radius 1 is 0.264 bits per heavy atom. The summed E-state index contributed by atoms with van der Waals surface area (Å²) < 4.78 is 6.40. The van der Waals surface area contributed by atoms with E-state index in [1.165, 1.54) is 82.2 Å². The molecule has 1 nitrogen and oxygen atoms in total. The fourth-order valence-electron chi connectivity index (χ4n) is 8.55. The highest BCUT2D eigenvalue weighted by Gasteiger charge is 2.18. The van der Waals surface area contributed by atoms with Crippen LogP contribution in [-0.4, -0.2) is 0 Å². The summed E-state index contributed by atoms with van der Waals surface area (Å²) in [7, 11) is 0. The van der Waals surface area contributed by atoms with E-state index in [0.717, 1.165) is 27.3 Å². The van der Waals surface area contributed by atoms with Gasteiger partial charge >= 0.3 is 0 Å². The average Bonchev–Trinajstić information content (AvgIpc) is 3.61. The summed E-state index contributed by atoms with van der Waals surface area (Å²) in [6.07, 6.45) is 0. The quantitative estimate of drug-likeness (QED) is 0.170. The summed E-state index contributed by atoms with van der Waals surface area (Å²) in [6.45, 7) is 0.